The van der Waals surface area contributed by atoms with Crippen LogP contribution in [0.2, 0.25) is 0 Å². The highest BCUT2D eigenvalue weighted by atomic mass is 16.5. The smallest absolute Gasteiger partial charge is 0.320 e. The van der Waals surface area contributed by atoms with Crippen molar-refractivity contribution in [1.82, 2.24) is 15.4 Å². The lowest BCUT2D eigenvalue weighted by atomic mass is 10.1. The largest absolute Gasteiger partial charge is 0.354 e. The van der Waals surface area contributed by atoms with Crippen LogP contribution >= 0.6 is 0 Å². The molecule has 1 unspecified atom stereocenters. The second-order valence-electron chi connectivity index (χ2n) is 6.05. The molecule has 7 heteroatoms. The standard InChI is InChI=1S/C18H22N4O3/c1-3-22-11-7-10-14(17(22)23)19-18(24)20-15-12(2)21-25-16(15)13-8-5-4-6-9-13/h4-6,8-9,14H,3,7,10-11H2,1-2H3,(H2,19,20,24). The van der Waals surface area contributed by atoms with E-state index in [-0.39, 0.29) is 5.91 Å². The lowest BCUT2D eigenvalue weighted by molar-refractivity contribution is -0.135. The third-order valence-electron chi connectivity index (χ3n) is 4.35. The van der Waals surface area contributed by atoms with Gasteiger partial charge in [0.1, 0.15) is 17.4 Å². The number of carbonyl (C=O) groups is 2. The van der Waals surface area contributed by atoms with Crippen molar-refractivity contribution >= 4 is 17.6 Å². The molecule has 0 radical (unpaired) electrons. The van der Waals surface area contributed by atoms with Gasteiger partial charge < -0.3 is 20.1 Å². The van der Waals surface area contributed by atoms with E-state index in [1.54, 1.807) is 11.8 Å². The Labute approximate surface area is 146 Å². The lowest BCUT2D eigenvalue weighted by Crippen LogP contribution is -2.53. The molecule has 0 aliphatic carbocycles. The third-order valence-corrected chi connectivity index (χ3v) is 4.35. The topological polar surface area (TPSA) is 87.5 Å². The van der Waals surface area contributed by atoms with Gasteiger partial charge in [-0.25, -0.2) is 4.79 Å². The number of carbonyl (C=O) groups excluding carboxylic acids is 2. The van der Waals surface area contributed by atoms with Crippen LogP contribution < -0.4 is 10.6 Å². The molecule has 7 nitrogen and oxygen atoms in total. The number of likely N-dealkylation sites (tertiary alicyclic amines) is 1. The van der Waals surface area contributed by atoms with Crippen molar-refractivity contribution in [2.75, 3.05) is 18.4 Å². The van der Waals surface area contributed by atoms with Crippen LogP contribution in [0, 0.1) is 6.92 Å². The van der Waals surface area contributed by atoms with E-state index in [1.807, 2.05) is 37.3 Å². The number of piperidine rings is 1. The molecule has 1 aromatic heterocycles. The summed E-state index contributed by atoms with van der Waals surface area (Å²) in [7, 11) is 0. The predicted molar refractivity (Wildman–Crippen MR) is 94.1 cm³/mol. The molecule has 1 aromatic carbocycles. The van der Waals surface area contributed by atoms with Gasteiger partial charge in [0, 0.05) is 18.7 Å². The van der Waals surface area contributed by atoms with Crippen molar-refractivity contribution in [2.45, 2.75) is 32.7 Å². The molecule has 1 aliphatic rings. The zero-order chi connectivity index (χ0) is 17.8. The van der Waals surface area contributed by atoms with Crippen LogP contribution in [-0.2, 0) is 4.79 Å². The Morgan fingerprint density at radius 3 is 2.84 bits per heavy atom. The van der Waals surface area contributed by atoms with Gasteiger partial charge in [0.2, 0.25) is 5.91 Å². The van der Waals surface area contributed by atoms with Crippen molar-refractivity contribution in [3.63, 3.8) is 0 Å². The van der Waals surface area contributed by atoms with Crippen LogP contribution in [0.25, 0.3) is 11.3 Å². The summed E-state index contributed by atoms with van der Waals surface area (Å²) < 4.78 is 5.36. The number of hydrogen-bond acceptors (Lipinski definition) is 4. The molecule has 2 heterocycles. The summed E-state index contributed by atoms with van der Waals surface area (Å²) in [5, 5.41) is 9.49. The molecular weight excluding hydrogens is 320 g/mol. The zero-order valence-electron chi connectivity index (χ0n) is 14.4. The fourth-order valence-electron chi connectivity index (χ4n) is 3.00. The van der Waals surface area contributed by atoms with E-state index in [0.717, 1.165) is 18.5 Å². The van der Waals surface area contributed by atoms with Gasteiger partial charge in [-0.2, -0.15) is 0 Å². The first-order valence-corrected chi connectivity index (χ1v) is 8.48. The Bertz CT molecular complexity index is 757. The minimum Gasteiger partial charge on any atom is -0.354 e. The average molecular weight is 342 g/mol. The Balaban J connectivity index is 1.72. The van der Waals surface area contributed by atoms with E-state index in [9.17, 15) is 9.59 Å². The summed E-state index contributed by atoms with van der Waals surface area (Å²) in [4.78, 5) is 26.5. The number of amides is 3. The SMILES string of the molecule is CCN1CCCC(NC(=O)Nc2c(C)noc2-c2ccccc2)C1=O. The molecule has 3 amide bonds. The van der Waals surface area contributed by atoms with E-state index >= 15 is 0 Å². The molecular formula is C18H22N4O3. The van der Waals surface area contributed by atoms with Crippen molar-refractivity contribution in [1.29, 1.82) is 0 Å². The zero-order valence-corrected chi connectivity index (χ0v) is 14.4. The molecule has 1 atom stereocenters. The number of aromatic nitrogens is 1. The highest BCUT2D eigenvalue weighted by Crippen LogP contribution is 2.30. The summed E-state index contributed by atoms with van der Waals surface area (Å²) >= 11 is 0. The van der Waals surface area contributed by atoms with E-state index in [4.69, 9.17) is 4.52 Å². The number of likely N-dealkylation sites (N-methyl/N-ethyl adjacent to an activating group) is 1. The summed E-state index contributed by atoms with van der Waals surface area (Å²) in [5.74, 6) is 0.465. The first-order chi connectivity index (χ1) is 12.1. The van der Waals surface area contributed by atoms with Crippen molar-refractivity contribution in [2.24, 2.45) is 0 Å². The quantitative estimate of drug-likeness (QED) is 0.894. The van der Waals surface area contributed by atoms with E-state index in [1.165, 1.54) is 0 Å². The second kappa shape index (κ2) is 7.38. The number of hydrogen-bond donors (Lipinski definition) is 2. The molecule has 132 valence electrons. The van der Waals surface area contributed by atoms with E-state index in [2.05, 4.69) is 15.8 Å². The van der Waals surface area contributed by atoms with Gasteiger partial charge in [0.25, 0.3) is 0 Å². The third kappa shape index (κ3) is 3.65. The summed E-state index contributed by atoms with van der Waals surface area (Å²) in [5.41, 5.74) is 1.92. The van der Waals surface area contributed by atoms with Gasteiger partial charge in [-0.3, -0.25) is 4.79 Å². The highest BCUT2D eigenvalue weighted by Gasteiger charge is 2.29. The van der Waals surface area contributed by atoms with Gasteiger partial charge in [0.15, 0.2) is 5.76 Å². The van der Waals surface area contributed by atoms with Gasteiger partial charge in [-0.15, -0.1) is 0 Å². The predicted octanol–water partition coefficient (Wildman–Crippen LogP) is 2.78. The fraction of sp³-hybridized carbons (Fsp3) is 0.389. The van der Waals surface area contributed by atoms with Crippen LogP contribution in [0.4, 0.5) is 10.5 Å². The molecule has 2 aromatic rings. The van der Waals surface area contributed by atoms with E-state index in [0.29, 0.717) is 30.1 Å². The Morgan fingerprint density at radius 1 is 1.36 bits per heavy atom. The van der Waals surface area contributed by atoms with Crippen molar-refractivity contribution in [3.05, 3.63) is 36.0 Å². The number of anilines is 1. The Morgan fingerprint density at radius 2 is 2.12 bits per heavy atom. The van der Waals surface area contributed by atoms with Gasteiger partial charge >= 0.3 is 6.03 Å². The summed E-state index contributed by atoms with van der Waals surface area (Å²) in [6, 6.07) is 8.52. The first kappa shape index (κ1) is 17.0. The Kier molecular flexibility index (Phi) is 5.02. The van der Waals surface area contributed by atoms with Gasteiger partial charge in [-0.1, -0.05) is 35.5 Å². The number of nitrogens with one attached hydrogen (secondary N) is 2. The monoisotopic (exact) mass is 342 g/mol. The van der Waals surface area contributed by atoms with Gasteiger partial charge in [-0.05, 0) is 26.7 Å². The van der Waals surface area contributed by atoms with Gasteiger partial charge in [0.05, 0.1) is 0 Å². The fourth-order valence-corrected chi connectivity index (χ4v) is 3.00. The van der Waals surface area contributed by atoms with Crippen molar-refractivity contribution < 1.29 is 14.1 Å². The maximum absolute atomic E-state index is 12.4. The number of rotatable bonds is 4. The molecule has 1 aliphatic heterocycles. The lowest BCUT2D eigenvalue weighted by Gasteiger charge is -2.31. The molecule has 0 saturated carbocycles. The van der Waals surface area contributed by atoms with Crippen LogP contribution in [0.1, 0.15) is 25.5 Å². The molecule has 25 heavy (non-hydrogen) atoms. The van der Waals surface area contributed by atoms with E-state index < -0.39 is 12.1 Å². The van der Waals surface area contributed by atoms with Crippen LogP contribution in [0.15, 0.2) is 34.9 Å². The van der Waals surface area contributed by atoms with Crippen LogP contribution in [0.5, 0.6) is 0 Å². The molecule has 1 fully saturated rings. The molecule has 0 spiro atoms. The molecule has 1 saturated heterocycles. The van der Waals surface area contributed by atoms with Crippen molar-refractivity contribution in [3.8, 4) is 11.3 Å². The molecule has 3 rings (SSSR count). The van der Waals surface area contributed by atoms with Crippen LogP contribution in [-0.4, -0.2) is 41.1 Å². The molecule has 2 N–H and O–H groups in total. The summed E-state index contributed by atoms with van der Waals surface area (Å²) in [6.45, 7) is 5.10. The average Bonchev–Trinajstić information content (AvgIpc) is 2.98. The Hall–Kier alpha value is -2.83. The van der Waals surface area contributed by atoms with Crippen LogP contribution in [0.3, 0.4) is 0 Å². The number of urea groups is 1. The highest BCUT2D eigenvalue weighted by molar-refractivity contribution is 5.96. The summed E-state index contributed by atoms with van der Waals surface area (Å²) in [6.07, 6.45) is 1.53. The number of nitrogens with zero attached hydrogens (tertiary/aromatic N) is 2. The number of benzene rings is 1. The molecule has 0 bridgehead atoms. The maximum Gasteiger partial charge on any atom is 0.320 e. The minimum absolute atomic E-state index is 0.0331. The minimum atomic E-state index is -0.492. The first-order valence-electron chi connectivity index (χ1n) is 8.48. The maximum atomic E-state index is 12.4. The normalized spacial score (nSPS) is 17.4. The number of aryl methyl sites for hydroxylation is 1. The second-order valence-corrected chi connectivity index (χ2v) is 6.05.